The van der Waals surface area contributed by atoms with Gasteiger partial charge in [-0.25, -0.2) is 18.4 Å². The number of aromatic nitrogens is 2. The highest BCUT2D eigenvalue weighted by Gasteiger charge is 2.19. The molecule has 0 aliphatic carbocycles. The van der Waals surface area contributed by atoms with Gasteiger partial charge in [-0.3, -0.25) is 4.72 Å². The third kappa shape index (κ3) is 5.09. The van der Waals surface area contributed by atoms with Crippen molar-refractivity contribution >= 4 is 44.3 Å². The first kappa shape index (κ1) is 21.9. The van der Waals surface area contributed by atoms with Crippen LogP contribution in [0.4, 0.5) is 11.6 Å². The molecule has 0 aliphatic rings. The summed E-state index contributed by atoms with van der Waals surface area (Å²) < 4.78 is 34.0. The van der Waals surface area contributed by atoms with Gasteiger partial charge in [0.25, 0.3) is 10.0 Å². The third-order valence-corrected chi connectivity index (χ3v) is 6.23. The van der Waals surface area contributed by atoms with E-state index in [4.69, 9.17) is 16.3 Å². The van der Waals surface area contributed by atoms with Crippen molar-refractivity contribution in [3.05, 3.63) is 83.4 Å². The average Bonchev–Trinajstić information content (AvgIpc) is 2.79. The maximum Gasteiger partial charge on any atom is 0.263 e. The SMILES string of the molecule is CCOc1ccc(S(=O)(=O)Nc2nc3ccccc3nc2NCc2ccc(Cl)cc2)cc1. The number of sulfonamides is 1. The van der Waals surface area contributed by atoms with Gasteiger partial charge >= 0.3 is 0 Å². The van der Waals surface area contributed by atoms with E-state index in [1.807, 2.05) is 37.3 Å². The number of hydrogen-bond acceptors (Lipinski definition) is 6. The molecule has 0 saturated heterocycles. The Kier molecular flexibility index (Phi) is 6.43. The van der Waals surface area contributed by atoms with Gasteiger partial charge in [0.05, 0.1) is 22.5 Å². The molecule has 0 aliphatic heterocycles. The number of para-hydroxylation sites is 2. The third-order valence-electron chi connectivity index (χ3n) is 4.62. The van der Waals surface area contributed by atoms with E-state index >= 15 is 0 Å². The minimum absolute atomic E-state index is 0.0968. The van der Waals surface area contributed by atoms with Crippen molar-refractivity contribution in [3.8, 4) is 5.75 Å². The fourth-order valence-corrected chi connectivity index (χ4v) is 4.19. The van der Waals surface area contributed by atoms with Gasteiger partial charge in [0.15, 0.2) is 11.6 Å². The fourth-order valence-electron chi connectivity index (χ4n) is 3.05. The number of nitrogens with zero attached hydrogens (tertiary/aromatic N) is 2. The molecule has 0 unspecified atom stereocenters. The maximum absolute atomic E-state index is 13.0. The minimum atomic E-state index is -3.89. The van der Waals surface area contributed by atoms with E-state index in [0.29, 0.717) is 40.8 Å². The maximum atomic E-state index is 13.0. The standard InChI is InChI=1S/C23H21ClN4O3S/c1-2-31-18-11-13-19(14-12-18)32(29,30)28-23-22(25-15-16-7-9-17(24)10-8-16)26-20-5-3-4-6-21(20)27-23/h3-14H,2,15H2,1H3,(H,25,26)(H,27,28). The van der Waals surface area contributed by atoms with Crippen LogP contribution < -0.4 is 14.8 Å². The molecule has 2 N–H and O–H groups in total. The first-order chi connectivity index (χ1) is 15.4. The number of rotatable bonds is 8. The van der Waals surface area contributed by atoms with Crippen LogP contribution in [0, 0.1) is 0 Å². The zero-order valence-electron chi connectivity index (χ0n) is 17.2. The van der Waals surface area contributed by atoms with E-state index < -0.39 is 10.0 Å². The Bertz CT molecular complexity index is 1330. The second-order valence-electron chi connectivity index (χ2n) is 6.90. The summed E-state index contributed by atoms with van der Waals surface area (Å²) in [6, 6.07) is 20.8. The van der Waals surface area contributed by atoms with Gasteiger partial charge in [-0.15, -0.1) is 0 Å². The van der Waals surface area contributed by atoms with Gasteiger partial charge < -0.3 is 10.1 Å². The molecule has 0 amide bonds. The second kappa shape index (κ2) is 9.42. The summed E-state index contributed by atoms with van der Waals surface area (Å²) in [7, 11) is -3.89. The zero-order chi connectivity index (χ0) is 22.6. The summed E-state index contributed by atoms with van der Waals surface area (Å²) in [5.74, 6) is 1.04. The van der Waals surface area contributed by atoms with Gasteiger partial charge in [0.2, 0.25) is 0 Å². The van der Waals surface area contributed by atoms with Crippen LogP contribution in [0.25, 0.3) is 11.0 Å². The Morgan fingerprint density at radius 2 is 1.50 bits per heavy atom. The summed E-state index contributed by atoms with van der Waals surface area (Å²) in [5.41, 5.74) is 2.19. The quantitative estimate of drug-likeness (QED) is 0.374. The molecule has 3 aromatic carbocycles. The van der Waals surface area contributed by atoms with Crippen molar-refractivity contribution in [2.45, 2.75) is 18.4 Å². The molecule has 164 valence electrons. The number of nitrogens with one attached hydrogen (secondary N) is 2. The van der Waals surface area contributed by atoms with Crippen molar-refractivity contribution in [1.82, 2.24) is 9.97 Å². The van der Waals surface area contributed by atoms with Crippen LogP contribution in [0.15, 0.2) is 77.7 Å². The predicted octanol–water partition coefficient (Wildman–Crippen LogP) is 5.09. The van der Waals surface area contributed by atoms with Gasteiger partial charge in [-0.1, -0.05) is 35.9 Å². The molecule has 0 fully saturated rings. The van der Waals surface area contributed by atoms with Crippen LogP contribution in [0.3, 0.4) is 0 Å². The summed E-state index contributed by atoms with van der Waals surface area (Å²) in [6.45, 7) is 2.78. The van der Waals surface area contributed by atoms with Crippen LogP contribution in [0.2, 0.25) is 5.02 Å². The molecule has 32 heavy (non-hydrogen) atoms. The Morgan fingerprint density at radius 3 is 2.12 bits per heavy atom. The highest BCUT2D eigenvalue weighted by atomic mass is 35.5. The predicted molar refractivity (Wildman–Crippen MR) is 127 cm³/mol. The Balaban J connectivity index is 1.65. The van der Waals surface area contributed by atoms with Crippen molar-refractivity contribution in [3.63, 3.8) is 0 Å². The number of benzene rings is 3. The lowest BCUT2D eigenvalue weighted by atomic mass is 10.2. The second-order valence-corrected chi connectivity index (χ2v) is 9.02. The molecule has 4 aromatic rings. The molecule has 0 bridgehead atoms. The summed E-state index contributed by atoms with van der Waals surface area (Å²) in [4.78, 5) is 9.17. The normalized spacial score (nSPS) is 11.3. The minimum Gasteiger partial charge on any atom is -0.494 e. The van der Waals surface area contributed by atoms with Gasteiger partial charge in [0, 0.05) is 11.6 Å². The van der Waals surface area contributed by atoms with Gasteiger partial charge in [0.1, 0.15) is 5.75 Å². The molecular formula is C23H21ClN4O3S. The average molecular weight is 469 g/mol. The van der Waals surface area contributed by atoms with Crippen molar-refractivity contribution in [1.29, 1.82) is 0 Å². The van der Waals surface area contributed by atoms with Crippen LogP contribution in [0.5, 0.6) is 5.75 Å². The van der Waals surface area contributed by atoms with E-state index in [1.54, 1.807) is 30.3 Å². The Labute approximate surface area is 191 Å². The van der Waals surface area contributed by atoms with Crippen molar-refractivity contribution in [2.24, 2.45) is 0 Å². The number of fused-ring (bicyclic) bond motifs is 1. The molecule has 4 rings (SSSR count). The lowest BCUT2D eigenvalue weighted by Crippen LogP contribution is -2.16. The zero-order valence-corrected chi connectivity index (χ0v) is 18.8. The molecule has 0 saturated carbocycles. The number of ether oxygens (including phenoxy) is 1. The molecule has 1 aromatic heterocycles. The lowest BCUT2D eigenvalue weighted by Gasteiger charge is -2.14. The highest BCUT2D eigenvalue weighted by Crippen LogP contribution is 2.25. The van der Waals surface area contributed by atoms with E-state index in [9.17, 15) is 8.42 Å². The van der Waals surface area contributed by atoms with Crippen LogP contribution >= 0.6 is 11.6 Å². The van der Waals surface area contributed by atoms with Gasteiger partial charge in [-0.05, 0) is 61.0 Å². The Hall–Kier alpha value is -3.36. The molecule has 1 heterocycles. The van der Waals surface area contributed by atoms with Gasteiger partial charge in [-0.2, -0.15) is 0 Å². The van der Waals surface area contributed by atoms with Crippen molar-refractivity contribution in [2.75, 3.05) is 16.6 Å². The highest BCUT2D eigenvalue weighted by molar-refractivity contribution is 7.92. The van der Waals surface area contributed by atoms with Crippen molar-refractivity contribution < 1.29 is 13.2 Å². The lowest BCUT2D eigenvalue weighted by molar-refractivity contribution is 0.340. The molecule has 9 heteroatoms. The molecule has 0 spiro atoms. The summed E-state index contributed by atoms with van der Waals surface area (Å²) in [5, 5.41) is 3.82. The first-order valence-corrected chi connectivity index (χ1v) is 11.8. The smallest absolute Gasteiger partial charge is 0.263 e. The largest absolute Gasteiger partial charge is 0.494 e. The number of hydrogen-bond donors (Lipinski definition) is 2. The van der Waals surface area contributed by atoms with Crippen LogP contribution in [-0.2, 0) is 16.6 Å². The Morgan fingerprint density at radius 1 is 0.875 bits per heavy atom. The molecule has 0 atom stereocenters. The number of halogens is 1. The van der Waals surface area contributed by atoms with E-state index in [1.165, 1.54) is 12.1 Å². The van der Waals surface area contributed by atoms with E-state index in [2.05, 4.69) is 20.0 Å². The summed E-state index contributed by atoms with van der Waals surface area (Å²) >= 11 is 5.95. The van der Waals surface area contributed by atoms with Crippen LogP contribution in [0.1, 0.15) is 12.5 Å². The summed E-state index contributed by atoms with van der Waals surface area (Å²) in [6.07, 6.45) is 0. The molecule has 7 nitrogen and oxygen atoms in total. The monoisotopic (exact) mass is 468 g/mol. The molecule has 0 radical (unpaired) electrons. The van der Waals surface area contributed by atoms with E-state index in [-0.39, 0.29) is 10.7 Å². The van der Waals surface area contributed by atoms with Crippen LogP contribution in [-0.4, -0.2) is 25.0 Å². The van der Waals surface area contributed by atoms with E-state index in [0.717, 1.165) is 5.56 Å². The fraction of sp³-hybridized carbons (Fsp3) is 0.130. The first-order valence-electron chi connectivity index (χ1n) is 9.95. The topological polar surface area (TPSA) is 93.2 Å². The molecular weight excluding hydrogens is 448 g/mol. The number of anilines is 2.